The van der Waals surface area contributed by atoms with Crippen LogP contribution in [0, 0.1) is 6.92 Å². The van der Waals surface area contributed by atoms with Crippen molar-refractivity contribution in [3.63, 3.8) is 0 Å². The van der Waals surface area contributed by atoms with Crippen LogP contribution in [0.3, 0.4) is 0 Å². The average molecular weight is 520 g/mol. The number of carbonyl (C=O) groups is 1. The van der Waals surface area contributed by atoms with Crippen molar-refractivity contribution >= 4 is 28.5 Å². The Kier molecular flexibility index (Phi) is 6.56. The van der Waals surface area contributed by atoms with E-state index in [2.05, 4.69) is 0 Å². The summed E-state index contributed by atoms with van der Waals surface area (Å²) >= 11 is 6.34. The summed E-state index contributed by atoms with van der Waals surface area (Å²) < 4.78 is 22.2. The SMILES string of the molecule is COc1ccc(CCN2C(=O)c3oc4cc(C)c(Cl)cc4c(=O)c3[C@@H]2c2ccc(OC)c(OC)c2)cc1. The lowest BCUT2D eigenvalue weighted by molar-refractivity contribution is 0.0730. The van der Waals surface area contributed by atoms with Crippen molar-refractivity contribution in [2.45, 2.75) is 19.4 Å². The predicted octanol–water partition coefficient (Wildman–Crippen LogP) is 5.57. The highest BCUT2D eigenvalue weighted by atomic mass is 35.5. The van der Waals surface area contributed by atoms with Crippen LogP contribution >= 0.6 is 11.6 Å². The van der Waals surface area contributed by atoms with E-state index in [0.717, 1.165) is 16.9 Å². The largest absolute Gasteiger partial charge is 0.497 e. The van der Waals surface area contributed by atoms with Crippen molar-refractivity contribution in [2.75, 3.05) is 27.9 Å². The number of amides is 1. The summed E-state index contributed by atoms with van der Waals surface area (Å²) in [5, 5.41) is 0.799. The summed E-state index contributed by atoms with van der Waals surface area (Å²) in [6.07, 6.45) is 0.576. The molecule has 5 rings (SSSR count). The second-order valence-electron chi connectivity index (χ2n) is 8.89. The number of carbonyl (C=O) groups excluding carboxylic acids is 1. The van der Waals surface area contributed by atoms with E-state index in [1.54, 1.807) is 50.5 Å². The van der Waals surface area contributed by atoms with E-state index in [1.165, 1.54) is 0 Å². The fourth-order valence-corrected chi connectivity index (χ4v) is 4.95. The standard InChI is InChI=1S/C29H26ClNO6/c1-16-13-23-20(15-21(16)30)27(32)25-26(18-7-10-22(35-3)24(14-18)36-4)31(29(33)28(25)37-23)12-11-17-5-8-19(34-2)9-6-17/h5-10,13-15,26H,11-12H2,1-4H3/t26-/m0/s1. The molecule has 8 heteroatoms. The average Bonchev–Trinajstić information content (AvgIpc) is 3.20. The smallest absolute Gasteiger partial charge is 0.290 e. The zero-order chi connectivity index (χ0) is 26.3. The van der Waals surface area contributed by atoms with Gasteiger partial charge in [-0.15, -0.1) is 0 Å². The van der Waals surface area contributed by atoms with Gasteiger partial charge in [0, 0.05) is 11.6 Å². The molecule has 1 amide bonds. The molecule has 0 unspecified atom stereocenters. The number of hydrogen-bond donors (Lipinski definition) is 0. The number of methoxy groups -OCH3 is 3. The Bertz CT molecular complexity index is 1560. The van der Waals surface area contributed by atoms with Gasteiger partial charge in [0.25, 0.3) is 5.91 Å². The fourth-order valence-electron chi connectivity index (χ4n) is 4.78. The first kappa shape index (κ1) is 24.7. The van der Waals surface area contributed by atoms with Gasteiger partial charge in [-0.3, -0.25) is 9.59 Å². The van der Waals surface area contributed by atoms with E-state index in [9.17, 15) is 9.59 Å². The van der Waals surface area contributed by atoms with Crippen molar-refractivity contribution in [1.29, 1.82) is 0 Å². The van der Waals surface area contributed by atoms with Crippen molar-refractivity contribution < 1.29 is 23.4 Å². The van der Waals surface area contributed by atoms with Crippen molar-refractivity contribution in [3.8, 4) is 17.2 Å². The van der Waals surface area contributed by atoms with Crippen LogP contribution in [-0.2, 0) is 6.42 Å². The third kappa shape index (κ3) is 4.29. The third-order valence-corrected chi connectivity index (χ3v) is 7.18. The van der Waals surface area contributed by atoms with Gasteiger partial charge in [0.05, 0.1) is 38.3 Å². The summed E-state index contributed by atoms with van der Waals surface area (Å²) in [6, 6.07) is 15.7. The van der Waals surface area contributed by atoms with E-state index >= 15 is 0 Å². The molecule has 0 N–H and O–H groups in total. The molecule has 3 aromatic carbocycles. The zero-order valence-electron chi connectivity index (χ0n) is 21.0. The number of halogens is 1. The molecule has 1 aliphatic heterocycles. The molecule has 2 heterocycles. The summed E-state index contributed by atoms with van der Waals surface area (Å²) in [6.45, 7) is 2.19. The van der Waals surface area contributed by atoms with Gasteiger partial charge in [0.1, 0.15) is 11.3 Å². The zero-order valence-corrected chi connectivity index (χ0v) is 21.7. The predicted molar refractivity (Wildman–Crippen MR) is 141 cm³/mol. The van der Waals surface area contributed by atoms with Gasteiger partial charge in [-0.05, 0) is 66.4 Å². The minimum absolute atomic E-state index is 0.0498. The van der Waals surface area contributed by atoms with Crippen LogP contribution in [0.2, 0.25) is 5.02 Å². The molecule has 1 atom stereocenters. The maximum Gasteiger partial charge on any atom is 0.290 e. The van der Waals surface area contributed by atoms with Crippen LogP contribution in [0.15, 0.2) is 63.8 Å². The molecule has 0 radical (unpaired) electrons. The minimum atomic E-state index is -0.665. The third-order valence-electron chi connectivity index (χ3n) is 6.77. The molecular weight excluding hydrogens is 494 g/mol. The minimum Gasteiger partial charge on any atom is -0.497 e. The van der Waals surface area contributed by atoms with Crippen LogP contribution in [0.5, 0.6) is 17.2 Å². The molecule has 1 aliphatic rings. The Morgan fingerprint density at radius 1 is 0.919 bits per heavy atom. The van der Waals surface area contributed by atoms with Crippen molar-refractivity contribution in [2.24, 2.45) is 0 Å². The number of ether oxygens (including phenoxy) is 3. The number of benzene rings is 3. The van der Waals surface area contributed by atoms with Crippen LogP contribution in [0.1, 0.15) is 38.9 Å². The van der Waals surface area contributed by atoms with Gasteiger partial charge in [-0.2, -0.15) is 0 Å². The monoisotopic (exact) mass is 519 g/mol. The van der Waals surface area contributed by atoms with Crippen LogP contribution in [0.25, 0.3) is 11.0 Å². The number of nitrogens with zero attached hydrogens (tertiary/aromatic N) is 1. The summed E-state index contributed by atoms with van der Waals surface area (Å²) in [5.74, 6) is 1.52. The molecule has 0 fully saturated rings. The maximum atomic E-state index is 13.8. The Labute approximate surface area is 219 Å². The van der Waals surface area contributed by atoms with E-state index in [0.29, 0.717) is 51.6 Å². The molecular formula is C29H26ClNO6. The molecule has 4 aromatic rings. The Balaban J connectivity index is 1.64. The molecule has 0 saturated heterocycles. The Morgan fingerprint density at radius 3 is 2.32 bits per heavy atom. The summed E-state index contributed by atoms with van der Waals surface area (Å²) in [4.78, 5) is 29.2. The Hall–Kier alpha value is -3.97. The highest BCUT2D eigenvalue weighted by Crippen LogP contribution is 2.41. The quantitative estimate of drug-likeness (QED) is 0.318. The second-order valence-corrected chi connectivity index (χ2v) is 9.29. The van der Waals surface area contributed by atoms with Crippen molar-refractivity contribution in [1.82, 2.24) is 4.90 Å². The molecule has 0 saturated carbocycles. The number of rotatable bonds is 7. The highest BCUT2D eigenvalue weighted by Gasteiger charge is 2.42. The molecule has 0 aliphatic carbocycles. The van der Waals surface area contributed by atoms with Gasteiger partial charge in [-0.1, -0.05) is 29.8 Å². The van der Waals surface area contributed by atoms with Crippen molar-refractivity contribution in [3.05, 3.63) is 97.9 Å². The molecule has 37 heavy (non-hydrogen) atoms. The van der Waals surface area contributed by atoms with Gasteiger partial charge in [0.2, 0.25) is 5.76 Å². The number of hydrogen-bond acceptors (Lipinski definition) is 6. The lowest BCUT2D eigenvalue weighted by Gasteiger charge is -2.26. The molecule has 190 valence electrons. The van der Waals surface area contributed by atoms with Crippen LogP contribution < -0.4 is 19.6 Å². The van der Waals surface area contributed by atoms with Crippen LogP contribution in [-0.4, -0.2) is 38.7 Å². The molecule has 0 spiro atoms. The van der Waals surface area contributed by atoms with E-state index < -0.39 is 6.04 Å². The van der Waals surface area contributed by atoms with E-state index in [1.807, 2.05) is 37.3 Å². The first-order chi connectivity index (χ1) is 17.9. The van der Waals surface area contributed by atoms with Gasteiger partial charge in [0.15, 0.2) is 16.9 Å². The lowest BCUT2D eigenvalue weighted by Crippen LogP contribution is -2.31. The molecule has 0 bridgehead atoms. The first-order valence-corrected chi connectivity index (χ1v) is 12.2. The van der Waals surface area contributed by atoms with Crippen LogP contribution in [0.4, 0.5) is 0 Å². The normalized spacial score (nSPS) is 14.7. The lowest BCUT2D eigenvalue weighted by atomic mass is 9.97. The highest BCUT2D eigenvalue weighted by molar-refractivity contribution is 6.32. The van der Waals surface area contributed by atoms with Gasteiger partial charge in [-0.25, -0.2) is 0 Å². The second kappa shape index (κ2) is 9.82. The molecule has 7 nitrogen and oxygen atoms in total. The fraction of sp³-hybridized carbons (Fsp3) is 0.241. The topological polar surface area (TPSA) is 78.2 Å². The van der Waals surface area contributed by atoms with E-state index in [4.69, 9.17) is 30.2 Å². The van der Waals surface area contributed by atoms with Gasteiger partial charge >= 0.3 is 0 Å². The Morgan fingerprint density at radius 2 is 1.65 bits per heavy atom. The van der Waals surface area contributed by atoms with Gasteiger partial charge < -0.3 is 23.5 Å². The number of fused-ring (bicyclic) bond motifs is 2. The summed E-state index contributed by atoms with van der Waals surface area (Å²) in [5.41, 5.74) is 2.85. The van der Waals surface area contributed by atoms with E-state index in [-0.39, 0.29) is 17.1 Å². The number of aryl methyl sites for hydroxylation is 1. The molecule has 1 aromatic heterocycles. The maximum absolute atomic E-state index is 13.8. The first-order valence-electron chi connectivity index (χ1n) is 11.8. The summed E-state index contributed by atoms with van der Waals surface area (Å²) in [7, 11) is 4.72.